The minimum Gasteiger partial charge on any atom is -0.354 e. The van der Waals surface area contributed by atoms with Gasteiger partial charge in [0.1, 0.15) is 6.33 Å². The number of likely N-dealkylation sites (tertiary alicyclic amines) is 1. The van der Waals surface area contributed by atoms with Crippen LogP contribution in [0.15, 0.2) is 43.0 Å². The second-order valence-electron chi connectivity index (χ2n) is 7.35. The number of rotatable bonds is 2. The predicted molar refractivity (Wildman–Crippen MR) is 103 cm³/mol. The molecule has 2 saturated heterocycles. The normalized spacial score (nSPS) is 21.7. The minimum absolute atomic E-state index is 0.0173. The number of amides is 2. The fourth-order valence-corrected chi connectivity index (χ4v) is 4.22. The molecule has 2 atom stereocenters. The van der Waals surface area contributed by atoms with E-state index >= 15 is 0 Å². The number of carbonyl (C=O) groups excluding carboxylic acids is 1. The number of nitrogens with one attached hydrogen (secondary N) is 1. The van der Waals surface area contributed by atoms with Gasteiger partial charge in [0.25, 0.3) is 0 Å². The van der Waals surface area contributed by atoms with E-state index in [1.54, 1.807) is 12.7 Å². The van der Waals surface area contributed by atoms with Crippen LogP contribution in [0.1, 0.15) is 0 Å². The maximum atomic E-state index is 12.5. The third-order valence-corrected chi connectivity index (χ3v) is 5.58. The molecule has 1 aromatic carbocycles. The first-order valence-electron chi connectivity index (χ1n) is 9.17. The van der Waals surface area contributed by atoms with Crippen molar-refractivity contribution < 1.29 is 4.79 Å². The topological polar surface area (TPSA) is 79.2 Å². The molecule has 1 N–H and O–H groups in total. The summed E-state index contributed by atoms with van der Waals surface area (Å²) in [6.45, 7) is 3.33. The Hall–Kier alpha value is -3.16. The quantitative estimate of drug-likeness (QED) is 0.753. The van der Waals surface area contributed by atoms with E-state index in [-0.39, 0.29) is 6.03 Å². The van der Waals surface area contributed by atoms with Crippen molar-refractivity contribution in [3.63, 3.8) is 0 Å². The smallest absolute Gasteiger partial charge is 0.321 e. The number of carbonyl (C=O) groups is 1. The van der Waals surface area contributed by atoms with Gasteiger partial charge in [-0.15, -0.1) is 0 Å². The molecule has 2 fully saturated rings. The van der Waals surface area contributed by atoms with Crippen LogP contribution in [0.5, 0.6) is 0 Å². The summed E-state index contributed by atoms with van der Waals surface area (Å²) in [6.07, 6.45) is 3.38. The highest BCUT2D eigenvalue weighted by molar-refractivity contribution is 5.89. The third-order valence-electron chi connectivity index (χ3n) is 5.58. The molecule has 2 aliphatic heterocycles. The van der Waals surface area contributed by atoms with Gasteiger partial charge in [0.15, 0.2) is 17.0 Å². The van der Waals surface area contributed by atoms with Crippen LogP contribution in [0.3, 0.4) is 0 Å². The summed E-state index contributed by atoms with van der Waals surface area (Å²) in [5.41, 5.74) is 2.53. The Morgan fingerprint density at radius 3 is 2.52 bits per heavy atom. The number of imidazole rings is 1. The Morgan fingerprint density at radius 2 is 1.78 bits per heavy atom. The molecular formula is C19H21N7O. The molecule has 0 radical (unpaired) electrons. The zero-order chi connectivity index (χ0) is 18.4. The highest BCUT2D eigenvalue weighted by Crippen LogP contribution is 2.35. The summed E-state index contributed by atoms with van der Waals surface area (Å²) in [6, 6.07) is 9.58. The summed E-state index contributed by atoms with van der Waals surface area (Å²) in [4.78, 5) is 30.0. The molecule has 8 nitrogen and oxygen atoms in total. The van der Waals surface area contributed by atoms with Gasteiger partial charge in [-0.05, 0) is 12.1 Å². The number of para-hydroxylation sites is 1. The lowest BCUT2D eigenvalue weighted by molar-refractivity contribution is 0.219. The van der Waals surface area contributed by atoms with Crippen LogP contribution < -0.4 is 10.2 Å². The van der Waals surface area contributed by atoms with Crippen LogP contribution in [0, 0.1) is 11.8 Å². The van der Waals surface area contributed by atoms with Crippen molar-refractivity contribution in [1.82, 2.24) is 24.4 Å². The monoisotopic (exact) mass is 363 g/mol. The van der Waals surface area contributed by atoms with Crippen LogP contribution in [0.25, 0.3) is 11.2 Å². The van der Waals surface area contributed by atoms with Crippen LogP contribution in [-0.4, -0.2) is 56.6 Å². The van der Waals surface area contributed by atoms with Gasteiger partial charge in [0.2, 0.25) is 0 Å². The largest absolute Gasteiger partial charge is 0.354 e. The lowest BCUT2D eigenvalue weighted by Crippen LogP contribution is -2.36. The summed E-state index contributed by atoms with van der Waals surface area (Å²) in [5.74, 6) is 1.82. The highest BCUT2D eigenvalue weighted by atomic mass is 16.2. The fraction of sp³-hybridized carbons (Fsp3) is 0.368. The van der Waals surface area contributed by atoms with Gasteiger partial charge >= 0.3 is 6.03 Å². The molecule has 3 aromatic rings. The van der Waals surface area contributed by atoms with Gasteiger partial charge in [-0.1, -0.05) is 18.2 Å². The number of fused-ring (bicyclic) bond motifs is 2. The van der Waals surface area contributed by atoms with Gasteiger partial charge in [-0.3, -0.25) is 0 Å². The Balaban J connectivity index is 1.27. The number of benzene rings is 1. The van der Waals surface area contributed by atoms with Gasteiger partial charge in [0, 0.05) is 50.7 Å². The highest BCUT2D eigenvalue weighted by Gasteiger charge is 2.42. The number of aromatic nitrogens is 4. The van der Waals surface area contributed by atoms with Crippen LogP contribution >= 0.6 is 0 Å². The Morgan fingerprint density at radius 1 is 1.04 bits per heavy atom. The average Bonchev–Trinajstić information content (AvgIpc) is 3.36. The molecule has 0 bridgehead atoms. The summed E-state index contributed by atoms with van der Waals surface area (Å²) < 4.78 is 1.91. The van der Waals surface area contributed by atoms with Crippen LogP contribution in [0.2, 0.25) is 0 Å². The van der Waals surface area contributed by atoms with Crippen molar-refractivity contribution in [2.45, 2.75) is 0 Å². The first-order chi connectivity index (χ1) is 13.2. The van der Waals surface area contributed by atoms with Crippen LogP contribution in [-0.2, 0) is 7.05 Å². The summed E-state index contributed by atoms with van der Waals surface area (Å²) in [5, 5.41) is 2.98. The summed E-state index contributed by atoms with van der Waals surface area (Å²) >= 11 is 0. The van der Waals surface area contributed by atoms with Gasteiger partial charge in [0.05, 0.1) is 6.33 Å². The minimum atomic E-state index is -0.0173. The number of aryl methyl sites for hydroxylation is 1. The van der Waals surface area contributed by atoms with Crippen molar-refractivity contribution >= 4 is 28.7 Å². The zero-order valence-electron chi connectivity index (χ0n) is 15.1. The maximum Gasteiger partial charge on any atom is 0.321 e. The number of anilines is 2. The molecule has 5 rings (SSSR count). The van der Waals surface area contributed by atoms with E-state index in [9.17, 15) is 4.79 Å². The average molecular weight is 363 g/mol. The molecule has 0 saturated carbocycles. The second-order valence-corrected chi connectivity index (χ2v) is 7.35. The van der Waals surface area contributed by atoms with E-state index in [0.717, 1.165) is 48.8 Å². The first kappa shape index (κ1) is 16.0. The Labute approximate surface area is 156 Å². The molecule has 2 aliphatic rings. The van der Waals surface area contributed by atoms with E-state index in [1.807, 2.05) is 46.8 Å². The van der Waals surface area contributed by atoms with E-state index in [4.69, 9.17) is 0 Å². The van der Waals surface area contributed by atoms with Gasteiger partial charge in [-0.25, -0.2) is 19.7 Å². The lowest BCUT2D eigenvalue weighted by Gasteiger charge is -2.22. The molecule has 8 heteroatoms. The van der Waals surface area contributed by atoms with E-state index in [2.05, 4.69) is 25.2 Å². The molecule has 0 aliphatic carbocycles. The van der Waals surface area contributed by atoms with E-state index < -0.39 is 0 Å². The molecular weight excluding hydrogens is 342 g/mol. The van der Waals surface area contributed by atoms with E-state index in [0.29, 0.717) is 11.8 Å². The number of nitrogens with zero attached hydrogens (tertiary/aromatic N) is 6. The molecule has 2 amide bonds. The van der Waals surface area contributed by atoms with Crippen LogP contribution in [0.4, 0.5) is 16.3 Å². The van der Waals surface area contributed by atoms with Crippen molar-refractivity contribution in [2.24, 2.45) is 18.9 Å². The fourth-order valence-electron chi connectivity index (χ4n) is 4.22. The lowest BCUT2D eigenvalue weighted by atomic mass is 10.0. The number of urea groups is 1. The predicted octanol–water partition coefficient (Wildman–Crippen LogP) is 1.96. The van der Waals surface area contributed by atoms with Gasteiger partial charge in [-0.2, -0.15) is 0 Å². The Kier molecular flexibility index (Phi) is 3.70. The van der Waals surface area contributed by atoms with Crippen molar-refractivity contribution in [2.75, 3.05) is 36.4 Å². The molecule has 0 spiro atoms. The van der Waals surface area contributed by atoms with Gasteiger partial charge < -0.3 is 19.7 Å². The zero-order valence-corrected chi connectivity index (χ0v) is 15.1. The number of hydrogen-bond donors (Lipinski definition) is 1. The maximum absolute atomic E-state index is 12.5. The SMILES string of the molecule is Cn1cnc2c(N3CC4CN(C(=O)Nc5ccccc5)CC4C3)ncnc21. The van der Waals surface area contributed by atoms with Crippen molar-refractivity contribution in [3.05, 3.63) is 43.0 Å². The number of hydrogen-bond acceptors (Lipinski definition) is 5. The molecule has 4 heterocycles. The molecule has 2 aromatic heterocycles. The molecule has 2 unspecified atom stereocenters. The third kappa shape index (κ3) is 2.77. The summed E-state index contributed by atoms with van der Waals surface area (Å²) in [7, 11) is 1.94. The Bertz CT molecular complexity index is 972. The van der Waals surface area contributed by atoms with Crippen molar-refractivity contribution in [1.29, 1.82) is 0 Å². The first-order valence-corrected chi connectivity index (χ1v) is 9.17. The van der Waals surface area contributed by atoms with E-state index in [1.165, 1.54) is 0 Å². The molecule has 138 valence electrons. The van der Waals surface area contributed by atoms with Crippen molar-refractivity contribution in [3.8, 4) is 0 Å². The second kappa shape index (κ2) is 6.22. The molecule has 27 heavy (non-hydrogen) atoms. The standard InChI is InChI=1S/C19H21N7O/c1-24-12-22-16-17(24)20-11-21-18(16)25-7-13-9-26(10-14(13)8-25)19(27)23-15-5-3-2-4-6-15/h2-6,11-14H,7-10H2,1H3,(H,23,27).